The third-order valence-electron chi connectivity index (χ3n) is 4.52. The van der Waals surface area contributed by atoms with Crippen LogP contribution in [-0.2, 0) is 9.53 Å². The fraction of sp³-hybridized carbons (Fsp3) is 0.286. The maximum atomic E-state index is 13.8. The van der Waals surface area contributed by atoms with E-state index < -0.39 is 17.8 Å². The first-order chi connectivity index (χ1) is 13.6. The Hall–Kier alpha value is -2.41. The third-order valence-corrected chi connectivity index (χ3v) is 4.76. The number of ether oxygens (including phenoxy) is 1. The number of halogens is 2. The number of hydrogen-bond acceptors (Lipinski definition) is 4. The van der Waals surface area contributed by atoms with Crippen molar-refractivity contribution in [3.8, 4) is 0 Å². The Bertz CT molecular complexity index is 853. The first-order valence-electron chi connectivity index (χ1n) is 9.04. The summed E-state index contributed by atoms with van der Waals surface area (Å²) in [6.07, 6.45) is 2.61. The molecule has 1 saturated heterocycles. The lowest BCUT2D eigenvalue weighted by atomic mass is 10.1. The van der Waals surface area contributed by atoms with E-state index >= 15 is 0 Å². The van der Waals surface area contributed by atoms with Crippen molar-refractivity contribution in [1.29, 1.82) is 0 Å². The van der Waals surface area contributed by atoms with Crippen LogP contribution in [0.2, 0.25) is 5.02 Å². The predicted octanol–water partition coefficient (Wildman–Crippen LogP) is 3.18. The minimum atomic E-state index is -0.562. The van der Waals surface area contributed by atoms with E-state index in [1.54, 1.807) is 6.07 Å². The van der Waals surface area contributed by atoms with E-state index in [-0.39, 0.29) is 12.2 Å². The van der Waals surface area contributed by atoms with Gasteiger partial charge in [-0.15, -0.1) is 0 Å². The molecule has 7 heteroatoms. The molecule has 1 amide bonds. The van der Waals surface area contributed by atoms with Crippen LogP contribution in [-0.4, -0.2) is 43.9 Å². The van der Waals surface area contributed by atoms with Gasteiger partial charge in [0.15, 0.2) is 0 Å². The van der Waals surface area contributed by atoms with Crippen molar-refractivity contribution in [2.45, 2.75) is 6.04 Å². The molecular weight excluding hydrogens is 383 g/mol. The molecule has 1 aliphatic heterocycles. The first kappa shape index (κ1) is 20.3. The monoisotopic (exact) mass is 404 g/mol. The fourth-order valence-corrected chi connectivity index (χ4v) is 3.17. The second kappa shape index (κ2) is 9.68. The molecule has 5 nitrogen and oxygen atoms in total. The van der Waals surface area contributed by atoms with Crippen LogP contribution >= 0.6 is 11.6 Å². The van der Waals surface area contributed by atoms with Crippen molar-refractivity contribution in [3.05, 3.63) is 70.5 Å². The molecule has 1 fully saturated rings. The van der Waals surface area contributed by atoms with Crippen LogP contribution < -0.4 is 10.2 Å². The highest BCUT2D eigenvalue weighted by atomic mass is 35.5. The molecule has 1 unspecified atom stereocenters. The van der Waals surface area contributed by atoms with Crippen LogP contribution in [0.5, 0.6) is 0 Å². The van der Waals surface area contributed by atoms with Crippen LogP contribution in [0.3, 0.4) is 0 Å². The smallest absolute Gasteiger partial charge is 0.244 e. The van der Waals surface area contributed by atoms with Crippen LogP contribution in [0.15, 0.2) is 48.5 Å². The number of aliphatic hydroxyl groups excluding tert-OH is 1. The zero-order valence-corrected chi connectivity index (χ0v) is 16.0. The molecule has 0 saturated carbocycles. The average molecular weight is 405 g/mol. The van der Waals surface area contributed by atoms with Crippen molar-refractivity contribution in [2.24, 2.45) is 0 Å². The number of rotatable bonds is 6. The third kappa shape index (κ3) is 5.32. The summed E-state index contributed by atoms with van der Waals surface area (Å²) in [6, 6.07) is 11.4. The molecule has 28 heavy (non-hydrogen) atoms. The number of benzene rings is 2. The van der Waals surface area contributed by atoms with Crippen molar-refractivity contribution in [3.63, 3.8) is 0 Å². The van der Waals surface area contributed by atoms with Gasteiger partial charge < -0.3 is 20.1 Å². The lowest BCUT2D eigenvalue weighted by Gasteiger charge is -2.29. The summed E-state index contributed by atoms with van der Waals surface area (Å²) in [5.74, 6) is -0.932. The van der Waals surface area contributed by atoms with E-state index in [2.05, 4.69) is 10.2 Å². The van der Waals surface area contributed by atoms with Gasteiger partial charge in [0, 0.05) is 35.4 Å². The van der Waals surface area contributed by atoms with E-state index in [1.807, 2.05) is 24.3 Å². The summed E-state index contributed by atoms with van der Waals surface area (Å²) in [4.78, 5) is 14.4. The van der Waals surface area contributed by atoms with E-state index in [9.17, 15) is 14.3 Å². The summed E-state index contributed by atoms with van der Waals surface area (Å²) >= 11 is 5.72. The molecule has 148 valence electrons. The Morgan fingerprint density at radius 1 is 1.29 bits per heavy atom. The van der Waals surface area contributed by atoms with Crippen molar-refractivity contribution < 1.29 is 19.0 Å². The topological polar surface area (TPSA) is 61.8 Å². The van der Waals surface area contributed by atoms with Gasteiger partial charge in [-0.25, -0.2) is 4.39 Å². The highest BCUT2D eigenvalue weighted by Gasteiger charge is 2.16. The summed E-state index contributed by atoms with van der Waals surface area (Å²) in [5, 5.41) is 12.8. The SMILES string of the molecule is O=C(/C=C/c1ccc(Cl)cc1F)NC(CO)c1cccc(N2CCOCC2)c1. The molecule has 2 aromatic rings. The maximum Gasteiger partial charge on any atom is 0.244 e. The molecule has 0 bridgehead atoms. The van der Waals surface area contributed by atoms with Gasteiger partial charge in [0.2, 0.25) is 5.91 Å². The highest BCUT2D eigenvalue weighted by molar-refractivity contribution is 6.30. The van der Waals surface area contributed by atoms with E-state index in [4.69, 9.17) is 16.3 Å². The Morgan fingerprint density at radius 2 is 2.07 bits per heavy atom. The molecular formula is C21H22ClFN2O3. The van der Waals surface area contributed by atoms with E-state index in [1.165, 1.54) is 24.3 Å². The van der Waals surface area contributed by atoms with Crippen LogP contribution in [0.25, 0.3) is 6.08 Å². The Morgan fingerprint density at radius 3 is 2.79 bits per heavy atom. The molecule has 1 aliphatic rings. The lowest BCUT2D eigenvalue weighted by Crippen LogP contribution is -2.36. The molecule has 1 atom stereocenters. The van der Waals surface area contributed by atoms with Gasteiger partial charge >= 0.3 is 0 Å². The van der Waals surface area contributed by atoms with Gasteiger partial charge in [-0.2, -0.15) is 0 Å². The van der Waals surface area contributed by atoms with Gasteiger partial charge in [0.05, 0.1) is 25.9 Å². The minimum Gasteiger partial charge on any atom is -0.394 e. The quantitative estimate of drug-likeness (QED) is 0.726. The molecule has 2 aromatic carbocycles. The number of nitrogens with one attached hydrogen (secondary N) is 1. The summed E-state index contributed by atoms with van der Waals surface area (Å²) in [6.45, 7) is 2.71. The minimum absolute atomic E-state index is 0.249. The second-order valence-corrected chi connectivity index (χ2v) is 6.87. The maximum absolute atomic E-state index is 13.8. The van der Waals surface area contributed by atoms with Crippen molar-refractivity contribution in [1.82, 2.24) is 5.32 Å². The van der Waals surface area contributed by atoms with Gasteiger partial charge in [0.1, 0.15) is 5.82 Å². The number of anilines is 1. The standard InChI is InChI=1S/C21H22ClFN2O3/c22-17-6-4-15(19(23)13-17)5-7-21(27)24-20(14-26)16-2-1-3-18(12-16)25-8-10-28-11-9-25/h1-7,12-13,20,26H,8-11,14H2,(H,24,27)/b7-5+. The van der Waals surface area contributed by atoms with Gasteiger partial charge in [-0.05, 0) is 35.9 Å². The molecule has 0 aliphatic carbocycles. The largest absolute Gasteiger partial charge is 0.394 e. The van der Waals surface area contributed by atoms with Gasteiger partial charge in [-0.3, -0.25) is 4.79 Å². The number of nitrogens with zero attached hydrogens (tertiary/aromatic N) is 1. The molecule has 2 N–H and O–H groups in total. The number of morpholine rings is 1. The normalized spacial score (nSPS) is 15.6. The molecule has 0 aromatic heterocycles. The Labute approximate surface area is 168 Å². The predicted molar refractivity (Wildman–Crippen MR) is 108 cm³/mol. The van der Waals surface area contributed by atoms with Gasteiger partial charge in [0.25, 0.3) is 0 Å². The van der Waals surface area contributed by atoms with Crippen LogP contribution in [0.1, 0.15) is 17.2 Å². The number of aliphatic hydroxyl groups is 1. The number of carbonyl (C=O) groups excluding carboxylic acids is 1. The second-order valence-electron chi connectivity index (χ2n) is 6.44. The molecule has 1 heterocycles. The summed E-state index contributed by atoms with van der Waals surface area (Å²) in [7, 11) is 0. The van der Waals surface area contributed by atoms with Crippen molar-refractivity contribution in [2.75, 3.05) is 37.8 Å². The van der Waals surface area contributed by atoms with Crippen LogP contribution in [0, 0.1) is 5.82 Å². The zero-order valence-electron chi connectivity index (χ0n) is 15.3. The highest BCUT2D eigenvalue weighted by Crippen LogP contribution is 2.22. The number of amides is 1. The zero-order chi connectivity index (χ0) is 19.9. The molecule has 0 spiro atoms. The fourth-order valence-electron chi connectivity index (χ4n) is 3.02. The van der Waals surface area contributed by atoms with E-state index in [0.29, 0.717) is 18.2 Å². The molecule has 3 rings (SSSR count). The van der Waals surface area contributed by atoms with Crippen LogP contribution in [0.4, 0.5) is 10.1 Å². The summed E-state index contributed by atoms with van der Waals surface area (Å²) in [5.41, 5.74) is 2.08. The van der Waals surface area contributed by atoms with Gasteiger partial charge in [-0.1, -0.05) is 29.8 Å². The van der Waals surface area contributed by atoms with Crippen molar-refractivity contribution >= 4 is 29.3 Å². The lowest BCUT2D eigenvalue weighted by molar-refractivity contribution is -0.117. The number of hydrogen-bond donors (Lipinski definition) is 2. The Balaban J connectivity index is 1.67. The number of carbonyl (C=O) groups is 1. The Kier molecular flexibility index (Phi) is 7.03. The van der Waals surface area contributed by atoms with E-state index in [0.717, 1.165) is 24.3 Å². The molecule has 0 radical (unpaired) electrons. The summed E-state index contributed by atoms with van der Waals surface area (Å²) < 4.78 is 19.2. The first-order valence-corrected chi connectivity index (χ1v) is 9.42. The average Bonchev–Trinajstić information content (AvgIpc) is 2.72.